The summed E-state index contributed by atoms with van der Waals surface area (Å²) in [6.45, 7) is 6.38. The molecule has 0 aliphatic carbocycles. The van der Waals surface area contributed by atoms with E-state index in [4.69, 9.17) is 14.2 Å². The lowest BCUT2D eigenvalue weighted by atomic mass is 10.0. The van der Waals surface area contributed by atoms with Crippen LogP contribution in [-0.2, 0) is 28.6 Å². The van der Waals surface area contributed by atoms with Crippen molar-refractivity contribution in [3.8, 4) is 0 Å². The molecule has 0 aromatic heterocycles. The molecule has 0 aliphatic heterocycles. The zero-order valence-corrected chi connectivity index (χ0v) is 50.0. The van der Waals surface area contributed by atoms with Gasteiger partial charge in [-0.05, 0) is 96.3 Å². The van der Waals surface area contributed by atoms with Crippen molar-refractivity contribution in [1.82, 2.24) is 0 Å². The van der Waals surface area contributed by atoms with E-state index in [-0.39, 0.29) is 31.1 Å². The highest BCUT2D eigenvalue weighted by atomic mass is 16.6. The van der Waals surface area contributed by atoms with Gasteiger partial charge in [-0.1, -0.05) is 291 Å². The van der Waals surface area contributed by atoms with Crippen molar-refractivity contribution >= 4 is 17.9 Å². The van der Waals surface area contributed by atoms with Crippen LogP contribution in [0.1, 0.15) is 310 Å². The number of carbonyl (C=O) groups is 3. The van der Waals surface area contributed by atoms with Gasteiger partial charge in [0.1, 0.15) is 13.2 Å². The van der Waals surface area contributed by atoms with Crippen molar-refractivity contribution in [2.24, 2.45) is 0 Å². The summed E-state index contributed by atoms with van der Waals surface area (Å²) in [5.41, 5.74) is 0. The maximum absolute atomic E-state index is 12.9. The SMILES string of the molecule is CC/C=C\C/C=C\C/C=C\C/C=C\CCCCCCCCCCCCCCCCC(=O)OCC(COC(=O)CCCCCCCC)OC(=O)CCCCCCCCCCCCCC/C=C\C/C=C\C/C=C\C/C=C\CC. The van der Waals surface area contributed by atoms with Crippen LogP contribution in [0.2, 0.25) is 0 Å². The third-order valence-corrected chi connectivity index (χ3v) is 13.8. The molecule has 0 radical (unpaired) electrons. The van der Waals surface area contributed by atoms with Crippen molar-refractivity contribution in [2.45, 2.75) is 316 Å². The van der Waals surface area contributed by atoms with Crippen LogP contribution in [0.25, 0.3) is 0 Å². The number of hydrogen-bond donors (Lipinski definition) is 0. The summed E-state index contributed by atoms with van der Waals surface area (Å²) in [6, 6.07) is 0. The maximum Gasteiger partial charge on any atom is 0.306 e. The number of rotatable bonds is 58. The zero-order valence-electron chi connectivity index (χ0n) is 50.0. The molecule has 0 spiro atoms. The maximum atomic E-state index is 12.9. The van der Waals surface area contributed by atoms with E-state index in [1.54, 1.807) is 0 Å². The van der Waals surface area contributed by atoms with Crippen LogP contribution in [0.15, 0.2) is 97.2 Å². The second-order valence-corrected chi connectivity index (χ2v) is 21.3. The molecule has 0 saturated carbocycles. The third-order valence-electron chi connectivity index (χ3n) is 13.8. The lowest BCUT2D eigenvalue weighted by Gasteiger charge is -2.18. The van der Waals surface area contributed by atoms with Gasteiger partial charge in [-0.25, -0.2) is 0 Å². The van der Waals surface area contributed by atoms with Crippen LogP contribution < -0.4 is 0 Å². The Labute approximate surface area is 470 Å². The van der Waals surface area contributed by atoms with E-state index in [9.17, 15) is 14.4 Å². The Morgan fingerprint density at radius 1 is 0.276 bits per heavy atom. The highest BCUT2D eigenvalue weighted by Crippen LogP contribution is 2.17. The van der Waals surface area contributed by atoms with E-state index >= 15 is 0 Å². The lowest BCUT2D eigenvalue weighted by molar-refractivity contribution is -0.167. The molecule has 0 rings (SSSR count). The normalized spacial score (nSPS) is 12.7. The fourth-order valence-corrected chi connectivity index (χ4v) is 9.07. The Kier molecular flexibility index (Phi) is 60.8. The second kappa shape index (κ2) is 63.9. The molecule has 76 heavy (non-hydrogen) atoms. The third kappa shape index (κ3) is 61.2. The number of carbonyl (C=O) groups excluding carboxylic acids is 3. The Hall–Kier alpha value is -3.67. The zero-order chi connectivity index (χ0) is 55.0. The van der Waals surface area contributed by atoms with Crippen molar-refractivity contribution < 1.29 is 28.6 Å². The molecule has 6 heteroatoms. The van der Waals surface area contributed by atoms with E-state index < -0.39 is 6.10 Å². The van der Waals surface area contributed by atoms with Gasteiger partial charge in [-0.15, -0.1) is 0 Å². The summed E-state index contributed by atoms with van der Waals surface area (Å²) in [4.78, 5) is 38.0. The Bertz CT molecular complexity index is 1490. The van der Waals surface area contributed by atoms with Crippen LogP contribution in [0.3, 0.4) is 0 Å². The van der Waals surface area contributed by atoms with Crippen LogP contribution in [0.5, 0.6) is 0 Å². The van der Waals surface area contributed by atoms with Crippen LogP contribution >= 0.6 is 0 Å². The molecule has 0 fully saturated rings. The van der Waals surface area contributed by atoms with E-state index in [0.29, 0.717) is 19.3 Å². The molecule has 436 valence electrons. The molecular formula is C70H120O6. The molecule has 1 unspecified atom stereocenters. The van der Waals surface area contributed by atoms with Crippen molar-refractivity contribution in [3.05, 3.63) is 97.2 Å². The first-order chi connectivity index (χ1) is 37.5. The molecule has 0 saturated heterocycles. The van der Waals surface area contributed by atoms with Crippen molar-refractivity contribution in [2.75, 3.05) is 13.2 Å². The van der Waals surface area contributed by atoms with Gasteiger partial charge in [0.05, 0.1) is 0 Å². The minimum atomic E-state index is -0.775. The molecule has 0 aromatic rings. The number of ether oxygens (including phenoxy) is 3. The Balaban J connectivity index is 4.07. The van der Waals surface area contributed by atoms with Crippen LogP contribution in [0, 0.1) is 0 Å². The largest absolute Gasteiger partial charge is 0.462 e. The highest BCUT2D eigenvalue weighted by molar-refractivity contribution is 5.71. The minimum absolute atomic E-state index is 0.0758. The molecular weight excluding hydrogens is 937 g/mol. The number of allylic oxidation sites excluding steroid dienone is 16. The molecule has 0 aliphatic rings. The first-order valence-corrected chi connectivity index (χ1v) is 32.2. The first kappa shape index (κ1) is 72.3. The lowest BCUT2D eigenvalue weighted by Crippen LogP contribution is -2.30. The summed E-state index contributed by atoms with van der Waals surface area (Å²) < 4.78 is 16.8. The van der Waals surface area contributed by atoms with Gasteiger partial charge >= 0.3 is 17.9 Å². The van der Waals surface area contributed by atoms with Crippen LogP contribution in [-0.4, -0.2) is 37.2 Å². The number of esters is 3. The Morgan fingerprint density at radius 3 is 0.803 bits per heavy atom. The van der Waals surface area contributed by atoms with Gasteiger partial charge in [0.2, 0.25) is 0 Å². The van der Waals surface area contributed by atoms with Gasteiger partial charge < -0.3 is 14.2 Å². The molecule has 0 aromatic carbocycles. The first-order valence-electron chi connectivity index (χ1n) is 32.2. The van der Waals surface area contributed by atoms with Gasteiger partial charge in [-0.3, -0.25) is 14.4 Å². The van der Waals surface area contributed by atoms with Gasteiger partial charge in [-0.2, -0.15) is 0 Å². The summed E-state index contributed by atoms with van der Waals surface area (Å²) in [7, 11) is 0. The smallest absolute Gasteiger partial charge is 0.306 e. The Morgan fingerprint density at radius 2 is 0.513 bits per heavy atom. The molecule has 6 nitrogen and oxygen atoms in total. The summed E-state index contributed by atoms with van der Waals surface area (Å²) in [6.07, 6.45) is 86.0. The topological polar surface area (TPSA) is 78.9 Å². The predicted molar refractivity (Wildman–Crippen MR) is 330 cm³/mol. The van der Waals surface area contributed by atoms with Gasteiger partial charge in [0, 0.05) is 19.3 Å². The quantitative estimate of drug-likeness (QED) is 0.0261. The van der Waals surface area contributed by atoms with Crippen molar-refractivity contribution in [3.63, 3.8) is 0 Å². The molecule has 0 bridgehead atoms. The second-order valence-electron chi connectivity index (χ2n) is 21.3. The summed E-state index contributed by atoms with van der Waals surface area (Å²) in [5.74, 6) is -0.878. The highest BCUT2D eigenvalue weighted by Gasteiger charge is 2.19. The average molecular weight is 1060 g/mol. The van der Waals surface area contributed by atoms with Crippen LogP contribution in [0.4, 0.5) is 0 Å². The van der Waals surface area contributed by atoms with Gasteiger partial charge in [0.15, 0.2) is 6.10 Å². The molecule has 0 amide bonds. The predicted octanol–water partition coefficient (Wildman–Crippen LogP) is 22.0. The van der Waals surface area contributed by atoms with E-state index in [1.807, 2.05) is 0 Å². The number of unbranched alkanes of at least 4 members (excludes halogenated alkanes) is 31. The average Bonchev–Trinajstić information content (AvgIpc) is 3.42. The van der Waals surface area contributed by atoms with Gasteiger partial charge in [0.25, 0.3) is 0 Å². The molecule has 0 N–H and O–H groups in total. The summed E-state index contributed by atoms with van der Waals surface area (Å²) >= 11 is 0. The fraction of sp³-hybridized carbons (Fsp3) is 0.729. The van der Waals surface area contributed by atoms with Crippen molar-refractivity contribution in [1.29, 1.82) is 0 Å². The van der Waals surface area contributed by atoms with E-state index in [2.05, 4.69) is 118 Å². The van der Waals surface area contributed by atoms with E-state index in [0.717, 1.165) is 109 Å². The monoisotopic (exact) mass is 1060 g/mol. The van der Waals surface area contributed by atoms with E-state index in [1.165, 1.54) is 161 Å². The summed E-state index contributed by atoms with van der Waals surface area (Å²) in [5, 5.41) is 0. The minimum Gasteiger partial charge on any atom is -0.462 e. The molecule has 0 heterocycles. The fourth-order valence-electron chi connectivity index (χ4n) is 9.07. The standard InChI is InChI=1S/C70H120O6/c1-4-7-10-13-16-18-20-22-24-26-28-30-32-34-35-37-38-40-42-44-46-48-50-52-54-57-60-63-69(72)75-66-67(65-74-68(71)62-59-56-15-12-9-6-3)76-70(73)64-61-58-55-53-51-49-47-45-43-41-39-36-33-31-29-27-25-23-21-19-17-14-11-8-5-2/h7-8,10-11,16-19,22-25,28-31,67H,4-6,9,12-15,20-21,26-27,32-66H2,1-3H3/b10-7-,11-8-,18-16-,19-17-,24-22-,25-23-,30-28-,31-29-. The number of hydrogen-bond acceptors (Lipinski definition) is 6. The molecule has 1 atom stereocenters.